The summed E-state index contributed by atoms with van der Waals surface area (Å²) in [5.74, 6) is 0. The van der Waals surface area contributed by atoms with Gasteiger partial charge in [-0.3, -0.25) is 0 Å². The highest BCUT2D eigenvalue weighted by Crippen LogP contribution is 2.16. The maximum Gasteiger partial charge on any atom is 0.240 e. The van der Waals surface area contributed by atoms with Crippen LogP contribution >= 0.6 is 0 Å². The fourth-order valence-corrected chi connectivity index (χ4v) is 3.02. The molecule has 0 aromatic heterocycles. The van der Waals surface area contributed by atoms with Crippen LogP contribution in [0.1, 0.15) is 33.3 Å². The summed E-state index contributed by atoms with van der Waals surface area (Å²) in [5.41, 5.74) is -0.0532. The lowest BCUT2D eigenvalue weighted by molar-refractivity contribution is 0.0809. The van der Waals surface area contributed by atoms with E-state index in [4.69, 9.17) is 0 Å². The molecule has 0 amide bonds. The number of hydrogen-bond donors (Lipinski definition) is 2. The van der Waals surface area contributed by atoms with Crippen molar-refractivity contribution >= 4 is 10.0 Å². The molecule has 1 rings (SSSR count). The summed E-state index contributed by atoms with van der Waals surface area (Å²) in [5, 5.41) is 9.75. The Hall–Kier alpha value is -0.910. The van der Waals surface area contributed by atoms with E-state index in [9.17, 15) is 13.5 Å². The molecule has 18 heavy (non-hydrogen) atoms. The lowest BCUT2D eigenvalue weighted by Gasteiger charge is -2.17. The van der Waals surface area contributed by atoms with E-state index in [0.29, 0.717) is 6.42 Å². The first-order chi connectivity index (χ1) is 8.10. The third-order valence-corrected chi connectivity index (χ3v) is 3.89. The van der Waals surface area contributed by atoms with Crippen molar-refractivity contribution in [3.8, 4) is 0 Å². The summed E-state index contributed by atoms with van der Waals surface area (Å²) in [7, 11) is -3.47. The molecule has 0 aliphatic rings. The van der Waals surface area contributed by atoms with Crippen LogP contribution in [0, 0.1) is 0 Å². The van der Waals surface area contributed by atoms with Gasteiger partial charge in [-0.1, -0.05) is 12.1 Å². The molecule has 102 valence electrons. The van der Waals surface area contributed by atoms with E-state index in [0.717, 1.165) is 5.56 Å². The van der Waals surface area contributed by atoms with Gasteiger partial charge in [-0.2, -0.15) is 0 Å². The third kappa shape index (κ3) is 4.76. The summed E-state index contributed by atoms with van der Waals surface area (Å²) >= 11 is 0. The molecule has 0 spiro atoms. The highest BCUT2D eigenvalue weighted by atomic mass is 32.2. The maximum atomic E-state index is 12.0. The third-order valence-electron chi connectivity index (χ3n) is 2.24. The van der Waals surface area contributed by atoms with Gasteiger partial charge >= 0.3 is 0 Å². The van der Waals surface area contributed by atoms with E-state index in [1.165, 1.54) is 0 Å². The first-order valence-electron chi connectivity index (χ1n) is 5.94. The lowest BCUT2D eigenvalue weighted by atomic mass is 9.99. The van der Waals surface area contributed by atoms with Gasteiger partial charge in [-0.05, 0) is 45.4 Å². The lowest BCUT2D eigenvalue weighted by Crippen LogP contribution is -2.30. The molecule has 5 heteroatoms. The number of nitrogens with one attached hydrogen (secondary N) is 1. The summed E-state index contributed by atoms with van der Waals surface area (Å²) in [6.07, 6.45) is 0.415. The number of benzene rings is 1. The minimum absolute atomic E-state index is 0.145. The first-order valence-corrected chi connectivity index (χ1v) is 7.42. The van der Waals surface area contributed by atoms with Crippen molar-refractivity contribution < 1.29 is 13.5 Å². The number of aliphatic hydroxyl groups is 1. The first kappa shape index (κ1) is 15.1. The summed E-state index contributed by atoms with van der Waals surface area (Å²) in [6, 6.07) is 6.51. The van der Waals surface area contributed by atoms with Crippen LogP contribution < -0.4 is 4.72 Å². The maximum absolute atomic E-state index is 12.0. The van der Waals surface area contributed by atoms with E-state index in [-0.39, 0.29) is 10.9 Å². The Labute approximate surface area is 109 Å². The Bertz CT molecular complexity index is 501. The molecular weight excluding hydrogens is 250 g/mol. The van der Waals surface area contributed by atoms with Crippen LogP contribution in [0.15, 0.2) is 29.2 Å². The monoisotopic (exact) mass is 271 g/mol. The van der Waals surface area contributed by atoms with Gasteiger partial charge in [0.25, 0.3) is 0 Å². The average Bonchev–Trinajstić information content (AvgIpc) is 2.13. The van der Waals surface area contributed by atoms with Crippen LogP contribution in [-0.2, 0) is 16.4 Å². The molecule has 0 fully saturated rings. The van der Waals surface area contributed by atoms with Gasteiger partial charge in [0, 0.05) is 12.5 Å². The van der Waals surface area contributed by atoms with Gasteiger partial charge in [0.15, 0.2) is 0 Å². The van der Waals surface area contributed by atoms with Crippen LogP contribution in [0.25, 0.3) is 0 Å². The van der Waals surface area contributed by atoms with Crippen molar-refractivity contribution in [1.29, 1.82) is 0 Å². The molecule has 1 aromatic carbocycles. The Morgan fingerprint density at radius 2 is 1.94 bits per heavy atom. The van der Waals surface area contributed by atoms with Crippen LogP contribution in [0.3, 0.4) is 0 Å². The van der Waals surface area contributed by atoms with Crippen molar-refractivity contribution in [2.24, 2.45) is 0 Å². The molecule has 0 saturated carbocycles. The topological polar surface area (TPSA) is 66.4 Å². The molecule has 0 saturated heterocycles. The van der Waals surface area contributed by atoms with Gasteiger partial charge in [0.2, 0.25) is 10.0 Å². The van der Waals surface area contributed by atoms with Crippen molar-refractivity contribution in [2.45, 2.75) is 50.7 Å². The van der Waals surface area contributed by atoms with E-state index in [1.807, 2.05) is 6.07 Å². The molecule has 0 atom stereocenters. The second kappa shape index (κ2) is 5.38. The predicted molar refractivity (Wildman–Crippen MR) is 71.9 cm³/mol. The molecule has 2 N–H and O–H groups in total. The van der Waals surface area contributed by atoms with Crippen LogP contribution in [0.2, 0.25) is 0 Å². The fraction of sp³-hybridized carbons (Fsp3) is 0.538. The summed E-state index contributed by atoms with van der Waals surface area (Å²) < 4.78 is 26.5. The van der Waals surface area contributed by atoms with Crippen LogP contribution in [0.5, 0.6) is 0 Å². The molecule has 0 radical (unpaired) electrons. The van der Waals surface area contributed by atoms with Crippen molar-refractivity contribution in [3.05, 3.63) is 29.8 Å². The highest BCUT2D eigenvalue weighted by Gasteiger charge is 2.18. The standard InChI is InChI=1S/C13H21NO3S/c1-10(2)14-18(16,17)12-7-5-6-11(8-12)9-13(3,4)15/h5-8,10,14-15H,9H2,1-4H3. The summed E-state index contributed by atoms with van der Waals surface area (Å²) in [4.78, 5) is 0.234. The molecule has 0 heterocycles. The predicted octanol–water partition coefficient (Wildman–Crippen LogP) is 1.69. The van der Waals surface area contributed by atoms with Gasteiger partial charge in [-0.15, -0.1) is 0 Å². The second-order valence-corrected chi connectivity index (χ2v) is 7.13. The zero-order chi connectivity index (χ0) is 14.0. The minimum atomic E-state index is -3.47. The van der Waals surface area contributed by atoms with E-state index in [2.05, 4.69) is 4.72 Å². The largest absolute Gasteiger partial charge is 0.390 e. The smallest absolute Gasteiger partial charge is 0.240 e. The molecule has 0 aliphatic heterocycles. The molecule has 0 unspecified atom stereocenters. The van der Waals surface area contributed by atoms with E-state index in [1.54, 1.807) is 45.9 Å². The van der Waals surface area contributed by atoms with Gasteiger partial charge in [0.05, 0.1) is 10.5 Å². The zero-order valence-corrected chi connectivity index (χ0v) is 12.1. The SMILES string of the molecule is CC(C)NS(=O)(=O)c1cccc(CC(C)(C)O)c1. The Morgan fingerprint density at radius 1 is 1.33 bits per heavy atom. The van der Waals surface area contributed by atoms with Gasteiger partial charge in [-0.25, -0.2) is 13.1 Å². The van der Waals surface area contributed by atoms with E-state index >= 15 is 0 Å². The molecule has 4 nitrogen and oxygen atoms in total. The summed E-state index contributed by atoms with van der Waals surface area (Å²) in [6.45, 7) is 6.94. The number of hydrogen-bond acceptors (Lipinski definition) is 3. The van der Waals surface area contributed by atoms with Crippen LogP contribution in [-0.4, -0.2) is 25.2 Å². The Kier molecular flexibility index (Phi) is 4.53. The van der Waals surface area contributed by atoms with Crippen molar-refractivity contribution in [1.82, 2.24) is 4.72 Å². The molecular formula is C13H21NO3S. The highest BCUT2D eigenvalue weighted by molar-refractivity contribution is 7.89. The van der Waals surface area contributed by atoms with Crippen molar-refractivity contribution in [2.75, 3.05) is 0 Å². The minimum Gasteiger partial charge on any atom is -0.390 e. The van der Waals surface area contributed by atoms with Crippen LogP contribution in [0.4, 0.5) is 0 Å². The zero-order valence-electron chi connectivity index (χ0n) is 11.3. The number of sulfonamides is 1. The van der Waals surface area contributed by atoms with Crippen molar-refractivity contribution in [3.63, 3.8) is 0 Å². The Morgan fingerprint density at radius 3 is 2.44 bits per heavy atom. The molecule has 0 aliphatic carbocycles. The Balaban J connectivity index is 3.02. The number of rotatable bonds is 5. The normalized spacial score (nSPS) is 13.0. The van der Waals surface area contributed by atoms with E-state index < -0.39 is 15.6 Å². The second-order valence-electron chi connectivity index (χ2n) is 5.41. The average molecular weight is 271 g/mol. The quantitative estimate of drug-likeness (QED) is 0.856. The van der Waals surface area contributed by atoms with Gasteiger partial charge in [0.1, 0.15) is 0 Å². The fourth-order valence-electron chi connectivity index (χ4n) is 1.70. The molecule has 1 aromatic rings. The van der Waals surface area contributed by atoms with Gasteiger partial charge < -0.3 is 5.11 Å². The molecule has 0 bridgehead atoms.